The van der Waals surface area contributed by atoms with Gasteiger partial charge in [-0.1, -0.05) is 18.2 Å². The molecule has 0 spiro atoms. The Balaban J connectivity index is 1.48. The molecule has 4 rings (SSSR count). The van der Waals surface area contributed by atoms with E-state index in [2.05, 4.69) is 15.2 Å². The number of hydrogen-bond acceptors (Lipinski definition) is 5. The van der Waals surface area contributed by atoms with E-state index in [-0.39, 0.29) is 16.5 Å². The third-order valence-corrected chi connectivity index (χ3v) is 7.30. The molecule has 1 N–H and O–H groups in total. The van der Waals surface area contributed by atoms with Crippen molar-refractivity contribution in [3.8, 4) is 5.69 Å². The van der Waals surface area contributed by atoms with Crippen LogP contribution in [0.15, 0.2) is 58.5 Å². The molecule has 1 aliphatic heterocycles. The summed E-state index contributed by atoms with van der Waals surface area (Å²) in [6, 6.07) is 10.9. The van der Waals surface area contributed by atoms with Crippen LogP contribution in [0.4, 0.5) is 0 Å². The minimum Gasteiger partial charge on any atom is -0.263 e. The minimum absolute atomic E-state index is 0.221. The van der Waals surface area contributed by atoms with E-state index in [0.717, 1.165) is 11.3 Å². The Morgan fingerprint density at radius 3 is 2.59 bits per heavy atom. The van der Waals surface area contributed by atoms with Gasteiger partial charge >= 0.3 is 5.69 Å². The van der Waals surface area contributed by atoms with Gasteiger partial charge in [-0.3, -0.25) is 4.98 Å². The third-order valence-electron chi connectivity index (χ3n) is 5.42. The first kappa shape index (κ1) is 19.5. The molecule has 0 atom stereocenters. The Morgan fingerprint density at radius 2 is 1.90 bits per heavy atom. The van der Waals surface area contributed by atoms with Crippen LogP contribution in [0.1, 0.15) is 24.2 Å². The van der Waals surface area contributed by atoms with Crippen molar-refractivity contribution in [2.24, 2.45) is 5.92 Å². The summed E-state index contributed by atoms with van der Waals surface area (Å²) >= 11 is 0. The molecule has 3 heterocycles. The number of H-pyrrole nitrogens is 1. The number of aryl methyl sites for hydroxylation is 1. The third kappa shape index (κ3) is 3.88. The van der Waals surface area contributed by atoms with Crippen LogP contribution < -0.4 is 5.69 Å². The van der Waals surface area contributed by atoms with Gasteiger partial charge in [0.05, 0.1) is 5.69 Å². The second-order valence-corrected chi connectivity index (χ2v) is 9.25. The molecule has 8 nitrogen and oxygen atoms in total. The molecular weight excluding hydrogens is 390 g/mol. The monoisotopic (exact) mass is 413 g/mol. The molecule has 0 amide bonds. The number of nitrogens with one attached hydrogen (secondary N) is 1. The molecule has 0 aliphatic carbocycles. The molecular formula is C20H23N5O3S. The number of para-hydroxylation sites is 1. The van der Waals surface area contributed by atoms with Crippen molar-refractivity contribution in [2.45, 2.75) is 31.1 Å². The lowest BCUT2D eigenvalue weighted by Crippen LogP contribution is -2.39. The van der Waals surface area contributed by atoms with Crippen LogP contribution in [0.2, 0.25) is 0 Å². The van der Waals surface area contributed by atoms with E-state index in [9.17, 15) is 13.2 Å². The van der Waals surface area contributed by atoms with Crippen molar-refractivity contribution in [1.82, 2.24) is 24.1 Å². The molecule has 1 aliphatic rings. The van der Waals surface area contributed by atoms with Gasteiger partial charge in [-0.25, -0.2) is 22.9 Å². The highest BCUT2D eigenvalue weighted by Crippen LogP contribution is 2.26. The molecule has 1 fully saturated rings. The summed E-state index contributed by atoms with van der Waals surface area (Å²) < 4.78 is 28.6. The molecule has 1 saturated heterocycles. The van der Waals surface area contributed by atoms with Crippen molar-refractivity contribution in [2.75, 3.05) is 13.1 Å². The van der Waals surface area contributed by atoms with Crippen LogP contribution in [0.3, 0.4) is 0 Å². The van der Waals surface area contributed by atoms with Crippen LogP contribution in [-0.4, -0.2) is 45.6 Å². The largest absolute Gasteiger partial charge is 0.347 e. The lowest BCUT2D eigenvalue weighted by Gasteiger charge is -2.31. The summed E-state index contributed by atoms with van der Waals surface area (Å²) in [6.07, 6.45) is 4.99. The minimum atomic E-state index is -3.52. The predicted octanol–water partition coefficient (Wildman–Crippen LogP) is 1.91. The van der Waals surface area contributed by atoms with Crippen LogP contribution in [0, 0.1) is 12.8 Å². The fraction of sp³-hybridized carbons (Fsp3) is 0.350. The van der Waals surface area contributed by atoms with Crippen LogP contribution >= 0.6 is 0 Å². The number of sulfonamides is 1. The van der Waals surface area contributed by atoms with E-state index in [1.54, 1.807) is 22.9 Å². The van der Waals surface area contributed by atoms with Gasteiger partial charge in [-0.2, -0.15) is 9.40 Å². The zero-order valence-electron chi connectivity index (χ0n) is 16.2. The molecule has 1 aromatic carbocycles. The lowest BCUT2D eigenvalue weighted by molar-refractivity contribution is 0.269. The van der Waals surface area contributed by atoms with E-state index in [4.69, 9.17) is 0 Å². The number of aromatic nitrogens is 4. The van der Waals surface area contributed by atoms with E-state index in [1.165, 1.54) is 10.5 Å². The standard InChI is InChI=1S/C20H23N5O3S/c1-15-5-2-3-7-18(15)25-19(22-23-20(25)26)13-16-8-11-24(12-9-16)29(27,28)17-6-4-10-21-14-17/h2-7,10,14,16H,8-9,11-13H2,1H3,(H,23,26). The molecule has 2 aromatic heterocycles. The van der Waals surface area contributed by atoms with Gasteiger partial charge < -0.3 is 0 Å². The highest BCUT2D eigenvalue weighted by atomic mass is 32.2. The van der Waals surface area contributed by atoms with Crippen LogP contribution in [-0.2, 0) is 16.4 Å². The maximum absolute atomic E-state index is 12.8. The van der Waals surface area contributed by atoms with Gasteiger partial charge in [0.1, 0.15) is 10.7 Å². The van der Waals surface area contributed by atoms with Gasteiger partial charge in [0.25, 0.3) is 0 Å². The van der Waals surface area contributed by atoms with Crippen molar-refractivity contribution in [3.63, 3.8) is 0 Å². The summed E-state index contributed by atoms with van der Waals surface area (Å²) in [5.74, 6) is 0.936. The summed E-state index contributed by atoms with van der Waals surface area (Å²) in [5, 5.41) is 6.78. The Kier molecular flexibility index (Phi) is 5.33. The molecule has 0 bridgehead atoms. The smallest absolute Gasteiger partial charge is 0.263 e. The molecule has 0 saturated carbocycles. The van der Waals surface area contributed by atoms with Gasteiger partial charge in [-0.15, -0.1) is 0 Å². The molecule has 9 heteroatoms. The number of aromatic amines is 1. The first-order valence-corrected chi connectivity index (χ1v) is 11.0. The average molecular weight is 414 g/mol. The van der Waals surface area contributed by atoms with Crippen molar-refractivity contribution in [1.29, 1.82) is 0 Å². The first-order chi connectivity index (χ1) is 14.0. The highest BCUT2D eigenvalue weighted by Gasteiger charge is 2.30. The van der Waals surface area contributed by atoms with E-state index in [0.29, 0.717) is 38.2 Å². The van der Waals surface area contributed by atoms with Crippen LogP contribution in [0.5, 0.6) is 0 Å². The molecule has 152 valence electrons. The van der Waals surface area contributed by atoms with Crippen molar-refractivity contribution in [3.05, 3.63) is 70.7 Å². The van der Waals surface area contributed by atoms with Crippen molar-refractivity contribution < 1.29 is 8.42 Å². The second kappa shape index (κ2) is 7.92. The second-order valence-electron chi connectivity index (χ2n) is 7.31. The molecule has 29 heavy (non-hydrogen) atoms. The lowest BCUT2D eigenvalue weighted by atomic mass is 9.94. The Bertz CT molecular complexity index is 1150. The van der Waals surface area contributed by atoms with Crippen molar-refractivity contribution >= 4 is 10.0 Å². The number of benzene rings is 1. The Hall–Kier alpha value is -2.78. The van der Waals surface area contributed by atoms with Gasteiger partial charge in [0, 0.05) is 31.9 Å². The quantitative estimate of drug-likeness (QED) is 0.689. The Labute approximate surface area is 169 Å². The summed E-state index contributed by atoms with van der Waals surface area (Å²) in [4.78, 5) is 16.5. The maximum Gasteiger partial charge on any atom is 0.347 e. The number of piperidine rings is 1. The summed E-state index contributed by atoms with van der Waals surface area (Å²) in [7, 11) is -3.52. The fourth-order valence-electron chi connectivity index (χ4n) is 3.79. The molecule has 0 unspecified atom stereocenters. The normalized spacial score (nSPS) is 16.2. The number of rotatable bonds is 5. The zero-order valence-corrected chi connectivity index (χ0v) is 17.0. The summed E-state index contributed by atoms with van der Waals surface area (Å²) in [5.41, 5.74) is 1.55. The molecule has 3 aromatic rings. The molecule has 0 radical (unpaired) electrons. The predicted molar refractivity (Wildman–Crippen MR) is 108 cm³/mol. The fourth-order valence-corrected chi connectivity index (χ4v) is 5.22. The van der Waals surface area contributed by atoms with E-state index >= 15 is 0 Å². The van der Waals surface area contributed by atoms with E-state index in [1.807, 2.05) is 31.2 Å². The van der Waals surface area contributed by atoms with E-state index < -0.39 is 10.0 Å². The van der Waals surface area contributed by atoms with Gasteiger partial charge in [0.2, 0.25) is 10.0 Å². The Morgan fingerprint density at radius 1 is 1.14 bits per heavy atom. The van der Waals surface area contributed by atoms with Gasteiger partial charge in [-0.05, 0) is 49.4 Å². The van der Waals surface area contributed by atoms with Gasteiger partial charge in [0.15, 0.2) is 0 Å². The number of pyridine rings is 1. The van der Waals surface area contributed by atoms with Crippen LogP contribution in [0.25, 0.3) is 5.69 Å². The highest BCUT2D eigenvalue weighted by molar-refractivity contribution is 7.89. The zero-order chi connectivity index (χ0) is 20.4. The summed E-state index contributed by atoms with van der Waals surface area (Å²) in [6.45, 7) is 2.85. The first-order valence-electron chi connectivity index (χ1n) is 9.59. The number of hydrogen-bond donors (Lipinski definition) is 1. The number of nitrogens with zero attached hydrogens (tertiary/aromatic N) is 4. The maximum atomic E-state index is 12.8. The SMILES string of the molecule is Cc1ccccc1-n1c(CC2CCN(S(=O)(=O)c3cccnc3)CC2)n[nH]c1=O. The topological polar surface area (TPSA) is 101 Å². The average Bonchev–Trinajstić information content (AvgIpc) is 3.09.